The summed E-state index contributed by atoms with van der Waals surface area (Å²) in [6.07, 6.45) is 0. The minimum absolute atomic E-state index is 1.62. The fraction of sp³-hybridized carbons (Fsp3) is 0.143. The van der Waals surface area contributed by atoms with Gasteiger partial charge in [0.25, 0.3) is 0 Å². The Labute approximate surface area is 144 Å². The van der Waals surface area contributed by atoms with Crippen molar-refractivity contribution in [1.82, 2.24) is 0 Å². The number of hydrogen-bond donors (Lipinski definition) is 0. The van der Waals surface area contributed by atoms with Crippen LogP contribution in [0.5, 0.6) is 0 Å². The molecule has 0 spiro atoms. The molecule has 0 N–H and O–H groups in total. The maximum atomic E-state index is 2.63. The van der Waals surface area contributed by atoms with Gasteiger partial charge >= 0.3 is 145 Å². The molecule has 23 heavy (non-hydrogen) atoms. The zero-order valence-corrected chi connectivity index (χ0v) is 19.1. The van der Waals surface area contributed by atoms with Crippen molar-refractivity contribution >= 4 is 39.2 Å². The minimum atomic E-state index is -2.59. The van der Waals surface area contributed by atoms with Crippen molar-refractivity contribution in [2.75, 3.05) is 0 Å². The van der Waals surface area contributed by atoms with E-state index in [9.17, 15) is 0 Å². The van der Waals surface area contributed by atoms with Crippen LogP contribution in [0.25, 0.3) is 0 Å². The molecule has 3 rings (SSSR count). The topological polar surface area (TPSA) is 0 Å². The summed E-state index contributed by atoms with van der Waals surface area (Å²) in [5.74, 6) is 0. The summed E-state index contributed by atoms with van der Waals surface area (Å²) in [6, 6.07) is 34.1. The third-order valence-electron chi connectivity index (χ3n) is 4.75. The van der Waals surface area contributed by atoms with Crippen LogP contribution in [0.4, 0.5) is 0 Å². The van der Waals surface area contributed by atoms with Crippen LogP contribution in [0.3, 0.4) is 0 Å². The van der Waals surface area contributed by atoms with Crippen LogP contribution >= 0.6 is 0 Å². The number of benzene rings is 3. The van der Waals surface area contributed by atoms with Gasteiger partial charge < -0.3 is 0 Å². The van der Waals surface area contributed by atoms with Crippen molar-refractivity contribution in [3.8, 4) is 0 Å². The van der Waals surface area contributed by atoms with Crippen molar-refractivity contribution in [3.63, 3.8) is 0 Å². The average molecular weight is 468 g/mol. The van der Waals surface area contributed by atoms with Gasteiger partial charge in [-0.05, 0) is 0 Å². The Morgan fingerprint density at radius 1 is 0.478 bits per heavy atom. The molecular formula is C21H24GeSn. The Balaban J connectivity index is 2.41. The van der Waals surface area contributed by atoms with Gasteiger partial charge in [-0.15, -0.1) is 0 Å². The second-order valence-electron chi connectivity index (χ2n) is 7.10. The van der Waals surface area contributed by atoms with Gasteiger partial charge in [0.05, 0.1) is 0 Å². The second kappa shape index (κ2) is 6.86. The van der Waals surface area contributed by atoms with E-state index in [0.29, 0.717) is 0 Å². The van der Waals surface area contributed by atoms with Crippen LogP contribution in [-0.4, -0.2) is 26.0 Å². The van der Waals surface area contributed by atoms with Crippen LogP contribution in [0, 0.1) is 0 Å². The van der Waals surface area contributed by atoms with Gasteiger partial charge in [0, 0.05) is 0 Å². The van der Waals surface area contributed by atoms with Crippen LogP contribution in [-0.2, 0) is 0 Å². The summed E-state index contributed by atoms with van der Waals surface area (Å²) < 4.78 is 4.86. The molecule has 0 atom stereocenters. The van der Waals surface area contributed by atoms with Gasteiger partial charge in [0.2, 0.25) is 0 Å². The molecule has 0 saturated heterocycles. The predicted octanol–water partition coefficient (Wildman–Crippen LogP) is 3.57. The van der Waals surface area contributed by atoms with Gasteiger partial charge in [0.1, 0.15) is 0 Å². The molecule has 0 unspecified atom stereocenters. The van der Waals surface area contributed by atoms with Crippen LogP contribution in [0.1, 0.15) is 0 Å². The third-order valence-corrected chi connectivity index (χ3v) is 63.2. The molecule has 0 saturated carbocycles. The summed E-state index contributed by atoms with van der Waals surface area (Å²) >= 11 is -2.33. The van der Waals surface area contributed by atoms with Gasteiger partial charge in [-0.2, -0.15) is 0 Å². The molecular weight excluding hydrogens is 444 g/mol. The van der Waals surface area contributed by atoms with E-state index >= 15 is 0 Å². The molecule has 0 aliphatic carbocycles. The zero-order chi connectivity index (χ0) is 16.3. The van der Waals surface area contributed by atoms with Gasteiger partial charge in [-0.25, -0.2) is 0 Å². The summed E-state index contributed by atoms with van der Waals surface area (Å²) in [5, 5.41) is 0. The van der Waals surface area contributed by atoms with Crippen LogP contribution < -0.4 is 13.2 Å². The Morgan fingerprint density at radius 2 is 0.739 bits per heavy atom. The molecule has 0 amide bonds. The van der Waals surface area contributed by atoms with E-state index in [2.05, 4.69) is 106 Å². The Morgan fingerprint density at radius 3 is 0.957 bits per heavy atom. The third kappa shape index (κ3) is 3.03. The quantitative estimate of drug-likeness (QED) is 0.515. The molecule has 0 radical (unpaired) electrons. The van der Waals surface area contributed by atoms with E-state index in [1.807, 2.05) is 0 Å². The van der Waals surface area contributed by atoms with Crippen molar-refractivity contribution in [2.24, 2.45) is 0 Å². The Kier molecular flexibility index (Phi) is 5.02. The summed E-state index contributed by atoms with van der Waals surface area (Å²) in [5.41, 5.74) is 0. The predicted molar refractivity (Wildman–Crippen MR) is 107 cm³/mol. The molecule has 0 heterocycles. The molecule has 0 bridgehead atoms. The maximum absolute atomic E-state index is 2.63. The molecule has 0 fully saturated rings. The van der Waals surface area contributed by atoms with Crippen molar-refractivity contribution in [1.29, 1.82) is 0 Å². The molecule has 0 nitrogen and oxygen atoms in total. The number of rotatable bonds is 4. The normalized spacial score (nSPS) is 12.1. The van der Waals surface area contributed by atoms with E-state index in [-0.39, 0.29) is 0 Å². The molecule has 0 aliphatic rings. The first-order valence-electron chi connectivity index (χ1n) is 8.23. The zero-order valence-electron chi connectivity index (χ0n) is 14.2. The molecule has 3 aromatic carbocycles. The van der Waals surface area contributed by atoms with Crippen molar-refractivity contribution < 1.29 is 0 Å². The van der Waals surface area contributed by atoms with E-state index in [1.165, 1.54) is 0 Å². The monoisotopic (exact) mass is 470 g/mol. The SMILES string of the molecule is [CH3][Sn]([CH3])([CH3])[Ge]([c]1ccccc1)([c]1ccccc1)[c]1ccccc1. The summed E-state index contributed by atoms with van der Waals surface area (Å²) in [4.78, 5) is 7.88. The van der Waals surface area contributed by atoms with Gasteiger partial charge in [-0.3, -0.25) is 0 Å². The molecule has 2 heteroatoms. The van der Waals surface area contributed by atoms with E-state index in [4.69, 9.17) is 0 Å². The number of hydrogen-bond acceptors (Lipinski definition) is 0. The van der Waals surface area contributed by atoms with E-state index in [0.717, 1.165) is 0 Å². The molecule has 3 aromatic rings. The van der Waals surface area contributed by atoms with Crippen molar-refractivity contribution in [3.05, 3.63) is 91.0 Å². The van der Waals surface area contributed by atoms with Crippen LogP contribution in [0.15, 0.2) is 91.0 Å². The summed E-state index contributed by atoms with van der Waals surface area (Å²) in [6.45, 7) is 0. The molecule has 0 aromatic heterocycles. The standard InChI is InChI=1S/C18H15Ge.3CH3.Sn/c1-4-10-16(11-5-1)19(17-12-6-2-7-13-17)18-14-8-3-9-15-18;;;;/h1-15H;3*1H3;. The van der Waals surface area contributed by atoms with Crippen LogP contribution in [0.2, 0.25) is 14.8 Å². The fourth-order valence-electron chi connectivity index (χ4n) is 3.86. The van der Waals surface area contributed by atoms with E-state index in [1.54, 1.807) is 13.2 Å². The first-order chi connectivity index (χ1) is 11.1. The average Bonchev–Trinajstić information content (AvgIpc) is 2.57. The first kappa shape index (κ1) is 16.8. The molecule has 116 valence electrons. The Bertz CT molecular complexity index is 649. The van der Waals surface area contributed by atoms with Gasteiger partial charge in [-0.1, -0.05) is 0 Å². The Hall–Kier alpha value is -0.998. The van der Waals surface area contributed by atoms with Crippen molar-refractivity contribution in [2.45, 2.75) is 14.8 Å². The molecule has 0 aliphatic heterocycles. The first-order valence-corrected chi connectivity index (χ1v) is 28.4. The van der Waals surface area contributed by atoms with Gasteiger partial charge in [0.15, 0.2) is 0 Å². The van der Waals surface area contributed by atoms with E-state index < -0.39 is 26.0 Å². The fourth-order valence-corrected chi connectivity index (χ4v) is 61.7. The summed E-state index contributed by atoms with van der Waals surface area (Å²) in [7, 11) is -2.59. The second-order valence-corrected chi connectivity index (χ2v) is 59.0.